The smallest absolute Gasteiger partial charge is 0.0621 e. The molecule has 0 radical (unpaired) electrons. The Morgan fingerprint density at radius 2 is 1.71 bits per heavy atom. The standard InChI is InChI=1S/C15H29NO/c1-11(12-8-6-4-5-7-9-12)16-13-10-14(17)15(13,2)3/h11-14,16-17H,4-10H2,1-3H3/t11-,13?,14?/m0/s1. The third-order valence-corrected chi connectivity index (χ3v) is 5.29. The molecule has 0 aromatic rings. The SMILES string of the molecule is C[C@H](NC1CC(O)C1(C)C)C1CCCCCC1. The summed E-state index contributed by atoms with van der Waals surface area (Å²) in [5.41, 5.74) is 0.0684. The predicted octanol–water partition coefficient (Wildman–Crippen LogP) is 3.09. The lowest BCUT2D eigenvalue weighted by Gasteiger charge is -2.51. The fraction of sp³-hybridized carbons (Fsp3) is 1.00. The lowest BCUT2D eigenvalue weighted by Crippen LogP contribution is -2.62. The highest BCUT2D eigenvalue weighted by Gasteiger charge is 2.47. The minimum absolute atomic E-state index is 0.0684. The highest BCUT2D eigenvalue weighted by Crippen LogP contribution is 2.41. The van der Waals surface area contributed by atoms with Crippen molar-refractivity contribution in [2.75, 3.05) is 0 Å². The Labute approximate surface area is 106 Å². The maximum Gasteiger partial charge on any atom is 0.0621 e. The van der Waals surface area contributed by atoms with Crippen LogP contribution in [0.4, 0.5) is 0 Å². The lowest BCUT2D eigenvalue weighted by molar-refractivity contribution is -0.0774. The first-order valence-electron chi connectivity index (χ1n) is 7.46. The van der Waals surface area contributed by atoms with Crippen LogP contribution in [-0.4, -0.2) is 23.3 Å². The zero-order valence-electron chi connectivity index (χ0n) is 11.7. The first kappa shape index (κ1) is 13.4. The topological polar surface area (TPSA) is 32.3 Å². The van der Waals surface area contributed by atoms with Crippen molar-refractivity contribution in [2.45, 2.75) is 83.9 Å². The Kier molecular flexibility index (Phi) is 4.14. The molecule has 2 aliphatic rings. The zero-order valence-corrected chi connectivity index (χ0v) is 11.7. The summed E-state index contributed by atoms with van der Waals surface area (Å²) in [4.78, 5) is 0. The van der Waals surface area contributed by atoms with Gasteiger partial charge in [0.05, 0.1) is 6.10 Å². The summed E-state index contributed by atoms with van der Waals surface area (Å²) < 4.78 is 0. The second-order valence-corrected chi connectivity index (χ2v) is 6.83. The van der Waals surface area contributed by atoms with Gasteiger partial charge in [-0.15, -0.1) is 0 Å². The summed E-state index contributed by atoms with van der Waals surface area (Å²) in [7, 11) is 0. The molecule has 100 valence electrons. The molecule has 0 saturated heterocycles. The van der Waals surface area contributed by atoms with Crippen LogP contribution in [0.15, 0.2) is 0 Å². The summed E-state index contributed by atoms with van der Waals surface area (Å²) in [6, 6.07) is 1.13. The van der Waals surface area contributed by atoms with Gasteiger partial charge in [-0.1, -0.05) is 39.5 Å². The van der Waals surface area contributed by atoms with E-state index in [-0.39, 0.29) is 11.5 Å². The quantitative estimate of drug-likeness (QED) is 0.742. The number of nitrogens with one attached hydrogen (secondary N) is 1. The van der Waals surface area contributed by atoms with E-state index >= 15 is 0 Å². The molecule has 2 rings (SSSR count). The maximum atomic E-state index is 9.77. The number of aliphatic hydroxyl groups is 1. The van der Waals surface area contributed by atoms with Crippen LogP contribution in [0.25, 0.3) is 0 Å². The van der Waals surface area contributed by atoms with Crippen molar-refractivity contribution < 1.29 is 5.11 Å². The van der Waals surface area contributed by atoms with Crippen molar-refractivity contribution in [1.29, 1.82) is 0 Å². The molecular formula is C15H29NO. The zero-order chi connectivity index (χ0) is 12.5. The molecule has 2 fully saturated rings. The second kappa shape index (κ2) is 5.27. The molecule has 2 nitrogen and oxygen atoms in total. The van der Waals surface area contributed by atoms with Crippen molar-refractivity contribution in [3.05, 3.63) is 0 Å². The monoisotopic (exact) mass is 239 g/mol. The molecule has 0 aromatic heterocycles. The molecule has 17 heavy (non-hydrogen) atoms. The first-order valence-corrected chi connectivity index (χ1v) is 7.46. The van der Waals surface area contributed by atoms with Crippen LogP contribution < -0.4 is 5.32 Å². The minimum atomic E-state index is -0.110. The molecule has 0 aliphatic heterocycles. The molecule has 2 unspecified atom stereocenters. The van der Waals surface area contributed by atoms with Gasteiger partial charge in [-0.25, -0.2) is 0 Å². The van der Waals surface area contributed by atoms with Gasteiger partial charge in [-0.05, 0) is 32.1 Å². The number of hydrogen-bond acceptors (Lipinski definition) is 2. The summed E-state index contributed by atoms with van der Waals surface area (Å²) >= 11 is 0. The number of aliphatic hydroxyl groups excluding tert-OH is 1. The van der Waals surface area contributed by atoms with Gasteiger partial charge in [0, 0.05) is 17.5 Å². The van der Waals surface area contributed by atoms with E-state index in [4.69, 9.17) is 0 Å². The van der Waals surface area contributed by atoms with E-state index < -0.39 is 0 Å². The van der Waals surface area contributed by atoms with Gasteiger partial charge in [-0.2, -0.15) is 0 Å². The molecule has 0 bridgehead atoms. The van der Waals surface area contributed by atoms with E-state index in [1.807, 2.05) is 0 Å². The fourth-order valence-corrected chi connectivity index (χ4v) is 3.45. The summed E-state index contributed by atoms with van der Waals surface area (Å²) in [6.45, 7) is 6.70. The summed E-state index contributed by atoms with van der Waals surface area (Å²) in [5, 5.41) is 13.5. The third kappa shape index (κ3) is 2.85. The summed E-state index contributed by atoms with van der Waals surface area (Å²) in [6.07, 6.45) is 9.29. The number of hydrogen-bond donors (Lipinski definition) is 2. The van der Waals surface area contributed by atoms with Crippen LogP contribution in [0, 0.1) is 11.3 Å². The molecule has 3 atom stereocenters. The molecule has 2 saturated carbocycles. The van der Waals surface area contributed by atoms with Crippen molar-refractivity contribution in [2.24, 2.45) is 11.3 Å². The van der Waals surface area contributed by atoms with Crippen LogP contribution in [0.3, 0.4) is 0 Å². The van der Waals surface area contributed by atoms with Crippen LogP contribution in [0.2, 0.25) is 0 Å². The van der Waals surface area contributed by atoms with Crippen molar-refractivity contribution in [3.8, 4) is 0 Å². The Balaban J connectivity index is 1.82. The van der Waals surface area contributed by atoms with Crippen LogP contribution in [0.1, 0.15) is 65.7 Å². The molecular weight excluding hydrogens is 210 g/mol. The summed E-state index contributed by atoms with van der Waals surface area (Å²) in [5.74, 6) is 0.853. The van der Waals surface area contributed by atoms with Crippen molar-refractivity contribution >= 4 is 0 Å². The van der Waals surface area contributed by atoms with Crippen LogP contribution >= 0.6 is 0 Å². The van der Waals surface area contributed by atoms with Gasteiger partial charge >= 0.3 is 0 Å². The van der Waals surface area contributed by atoms with E-state index in [0.717, 1.165) is 12.3 Å². The molecule has 0 spiro atoms. The van der Waals surface area contributed by atoms with Crippen molar-refractivity contribution in [3.63, 3.8) is 0 Å². The maximum absolute atomic E-state index is 9.77. The van der Waals surface area contributed by atoms with Crippen LogP contribution in [-0.2, 0) is 0 Å². The highest BCUT2D eigenvalue weighted by atomic mass is 16.3. The van der Waals surface area contributed by atoms with E-state index in [1.54, 1.807) is 0 Å². The minimum Gasteiger partial charge on any atom is -0.392 e. The molecule has 2 heteroatoms. The first-order chi connectivity index (χ1) is 8.01. The molecule has 0 aromatic carbocycles. The van der Waals surface area contributed by atoms with E-state index in [1.165, 1.54) is 38.5 Å². The molecule has 2 aliphatic carbocycles. The van der Waals surface area contributed by atoms with Crippen molar-refractivity contribution in [1.82, 2.24) is 5.32 Å². The van der Waals surface area contributed by atoms with Gasteiger partial charge in [0.1, 0.15) is 0 Å². The van der Waals surface area contributed by atoms with Gasteiger partial charge < -0.3 is 10.4 Å². The second-order valence-electron chi connectivity index (χ2n) is 6.83. The van der Waals surface area contributed by atoms with Crippen LogP contribution in [0.5, 0.6) is 0 Å². The largest absolute Gasteiger partial charge is 0.392 e. The Morgan fingerprint density at radius 3 is 2.18 bits per heavy atom. The normalized spacial score (nSPS) is 36.0. The lowest BCUT2D eigenvalue weighted by atomic mass is 9.64. The fourth-order valence-electron chi connectivity index (χ4n) is 3.45. The average molecular weight is 239 g/mol. The Bertz CT molecular complexity index is 243. The van der Waals surface area contributed by atoms with E-state index in [0.29, 0.717) is 12.1 Å². The van der Waals surface area contributed by atoms with Gasteiger partial charge in [0.25, 0.3) is 0 Å². The van der Waals surface area contributed by atoms with Gasteiger partial charge in [0.15, 0.2) is 0 Å². The van der Waals surface area contributed by atoms with E-state index in [2.05, 4.69) is 26.1 Å². The van der Waals surface area contributed by atoms with Gasteiger partial charge in [-0.3, -0.25) is 0 Å². The molecule has 0 heterocycles. The molecule has 0 amide bonds. The average Bonchev–Trinajstić information content (AvgIpc) is 2.57. The number of rotatable bonds is 3. The molecule has 2 N–H and O–H groups in total. The third-order valence-electron chi connectivity index (χ3n) is 5.29. The predicted molar refractivity (Wildman–Crippen MR) is 72.0 cm³/mol. The Morgan fingerprint density at radius 1 is 1.12 bits per heavy atom. The van der Waals surface area contributed by atoms with Gasteiger partial charge in [0.2, 0.25) is 0 Å². The van der Waals surface area contributed by atoms with E-state index in [9.17, 15) is 5.11 Å². The Hall–Kier alpha value is -0.0800. The highest BCUT2D eigenvalue weighted by molar-refractivity contribution is 5.02.